The van der Waals surface area contributed by atoms with Crippen molar-refractivity contribution < 1.29 is 17.9 Å². The summed E-state index contributed by atoms with van der Waals surface area (Å²) in [5, 5.41) is 10.2. The number of nitrogens with zero attached hydrogens (tertiary/aromatic N) is 2. The zero-order valence-electron chi connectivity index (χ0n) is 12.9. The molecule has 1 unspecified atom stereocenters. The molecule has 134 valence electrons. The molecule has 8 nitrogen and oxygen atoms in total. The van der Waals surface area contributed by atoms with Gasteiger partial charge in [-0.25, -0.2) is 13.1 Å². The van der Waals surface area contributed by atoms with Crippen LogP contribution in [0, 0.1) is 0 Å². The van der Waals surface area contributed by atoms with Gasteiger partial charge in [0.05, 0.1) is 11.1 Å². The van der Waals surface area contributed by atoms with E-state index in [2.05, 4.69) is 20.2 Å². The zero-order valence-corrected chi connectivity index (χ0v) is 15.3. The summed E-state index contributed by atoms with van der Waals surface area (Å²) in [4.78, 5) is 12.1. The summed E-state index contributed by atoms with van der Waals surface area (Å²) >= 11 is 7.18. The number of hydrogen-bond acceptors (Lipinski definition) is 7. The third-order valence-electron chi connectivity index (χ3n) is 3.59. The molecule has 25 heavy (non-hydrogen) atoms. The van der Waals surface area contributed by atoms with Crippen molar-refractivity contribution in [1.29, 1.82) is 0 Å². The molecule has 1 atom stereocenters. The molecular weight excluding hydrogens is 388 g/mol. The second kappa shape index (κ2) is 7.75. The highest BCUT2D eigenvalue weighted by atomic mass is 35.5. The maximum Gasteiger partial charge on any atom is 0.257 e. The number of nitrogens with one attached hydrogen (secondary N) is 2. The van der Waals surface area contributed by atoms with Crippen LogP contribution in [0.5, 0.6) is 0 Å². The molecule has 0 bridgehead atoms. The molecule has 1 aliphatic rings. The highest BCUT2D eigenvalue weighted by Crippen LogP contribution is 2.24. The third kappa shape index (κ3) is 4.53. The molecule has 1 amide bonds. The van der Waals surface area contributed by atoms with Crippen LogP contribution in [-0.4, -0.2) is 43.8 Å². The Morgan fingerprint density at radius 2 is 2.28 bits per heavy atom. The van der Waals surface area contributed by atoms with Crippen LogP contribution in [0.1, 0.15) is 23.2 Å². The van der Waals surface area contributed by atoms with Crippen molar-refractivity contribution in [3.8, 4) is 0 Å². The number of halogens is 1. The fraction of sp³-hybridized carbons (Fsp3) is 0.357. The predicted octanol–water partition coefficient (Wildman–Crippen LogP) is 1.90. The van der Waals surface area contributed by atoms with Crippen LogP contribution in [0.2, 0.25) is 5.02 Å². The summed E-state index contributed by atoms with van der Waals surface area (Å²) in [7, 11) is -3.86. The summed E-state index contributed by atoms with van der Waals surface area (Å²) in [6.45, 7) is 0.800. The number of aromatic nitrogens is 2. The smallest absolute Gasteiger partial charge is 0.257 e. The van der Waals surface area contributed by atoms with Gasteiger partial charge in [0, 0.05) is 18.7 Å². The summed E-state index contributed by atoms with van der Waals surface area (Å²) < 4.78 is 32.9. The van der Waals surface area contributed by atoms with Gasteiger partial charge in [-0.2, -0.15) is 0 Å². The molecular formula is C14H15ClN4O4S2. The highest BCUT2D eigenvalue weighted by Gasteiger charge is 2.23. The number of sulfonamides is 1. The van der Waals surface area contributed by atoms with Crippen LogP contribution in [0.15, 0.2) is 28.6 Å². The largest absolute Gasteiger partial charge is 0.377 e. The molecule has 1 aromatic carbocycles. The van der Waals surface area contributed by atoms with Gasteiger partial charge in [0.1, 0.15) is 10.4 Å². The van der Waals surface area contributed by atoms with Crippen LogP contribution < -0.4 is 10.0 Å². The van der Waals surface area contributed by atoms with Crippen molar-refractivity contribution in [1.82, 2.24) is 14.9 Å². The first-order valence-corrected chi connectivity index (χ1v) is 10.2. The second-order valence-corrected chi connectivity index (χ2v) is 8.31. The Morgan fingerprint density at radius 3 is 2.96 bits per heavy atom. The Hall–Kier alpha value is -1.59. The summed E-state index contributed by atoms with van der Waals surface area (Å²) in [6, 6.07) is 4.05. The van der Waals surface area contributed by atoms with E-state index in [4.69, 9.17) is 16.3 Å². The summed E-state index contributed by atoms with van der Waals surface area (Å²) in [6.07, 6.45) is 1.58. The molecule has 0 saturated carbocycles. The predicted molar refractivity (Wildman–Crippen MR) is 93.5 cm³/mol. The van der Waals surface area contributed by atoms with Crippen LogP contribution in [0.4, 0.5) is 5.13 Å². The van der Waals surface area contributed by atoms with Crippen LogP contribution in [-0.2, 0) is 14.8 Å². The number of carbonyl (C=O) groups excluding carboxylic acids is 1. The second-order valence-electron chi connectivity index (χ2n) is 5.33. The molecule has 3 rings (SSSR count). The number of anilines is 1. The molecule has 0 radical (unpaired) electrons. The maximum atomic E-state index is 12.5. The topological polar surface area (TPSA) is 110 Å². The van der Waals surface area contributed by atoms with Crippen LogP contribution in [0.25, 0.3) is 0 Å². The first-order valence-electron chi connectivity index (χ1n) is 7.44. The lowest BCUT2D eigenvalue weighted by Gasteiger charge is -2.13. The minimum Gasteiger partial charge on any atom is -0.377 e. The number of rotatable bonds is 6. The quantitative estimate of drug-likeness (QED) is 0.763. The normalized spacial score (nSPS) is 17.6. The van der Waals surface area contributed by atoms with E-state index >= 15 is 0 Å². The Kier molecular flexibility index (Phi) is 5.64. The standard InChI is InChI=1S/C14H15ClN4O4S2/c15-11-4-3-9(13(20)18-14-19-16-8-24-14)6-12(11)25(21,22)17-7-10-2-1-5-23-10/h3-4,6,8,10,17H,1-2,5,7H2,(H,18,19,20). The highest BCUT2D eigenvalue weighted by molar-refractivity contribution is 7.89. The lowest BCUT2D eigenvalue weighted by Crippen LogP contribution is -2.32. The average Bonchev–Trinajstić information content (AvgIpc) is 3.27. The Bertz CT molecular complexity index is 852. The Morgan fingerprint density at radius 1 is 1.44 bits per heavy atom. The van der Waals surface area contributed by atoms with Gasteiger partial charge in [0.15, 0.2) is 0 Å². The van der Waals surface area contributed by atoms with Crippen molar-refractivity contribution >= 4 is 44.0 Å². The molecule has 0 aliphatic carbocycles. The first-order chi connectivity index (χ1) is 12.0. The number of carbonyl (C=O) groups is 1. The van der Waals surface area contributed by atoms with Crippen molar-refractivity contribution in [2.75, 3.05) is 18.5 Å². The van der Waals surface area contributed by atoms with Gasteiger partial charge in [-0.3, -0.25) is 10.1 Å². The van der Waals surface area contributed by atoms with Gasteiger partial charge in [-0.15, -0.1) is 10.2 Å². The molecule has 1 aromatic heterocycles. The van der Waals surface area contributed by atoms with E-state index in [1.165, 1.54) is 23.7 Å². The average molecular weight is 403 g/mol. The third-order valence-corrected chi connectivity index (χ3v) is 6.10. The van der Waals surface area contributed by atoms with E-state index < -0.39 is 15.9 Å². The van der Waals surface area contributed by atoms with Crippen LogP contribution >= 0.6 is 22.9 Å². The summed E-state index contributed by atoms with van der Waals surface area (Å²) in [5.74, 6) is -0.496. The minimum atomic E-state index is -3.86. The fourth-order valence-corrected chi connectivity index (χ4v) is 4.36. The number of hydrogen-bond donors (Lipinski definition) is 2. The molecule has 1 aliphatic heterocycles. The van der Waals surface area contributed by atoms with E-state index in [1.807, 2.05) is 0 Å². The molecule has 0 spiro atoms. The van der Waals surface area contributed by atoms with Gasteiger partial charge >= 0.3 is 0 Å². The van der Waals surface area contributed by atoms with E-state index in [0.717, 1.165) is 24.2 Å². The maximum absolute atomic E-state index is 12.5. The Balaban J connectivity index is 1.76. The van der Waals surface area contributed by atoms with Gasteiger partial charge in [0.2, 0.25) is 15.2 Å². The lowest BCUT2D eigenvalue weighted by atomic mass is 10.2. The molecule has 1 saturated heterocycles. The Labute approximate surface area is 153 Å². The fourth-order valence-electron chi connectivity index (χ4n) is 2.33. The van der Waals surface area contributed by atoms with E-state index in [0.29, 0.717) is 11.7 Å². The van der Waals surface area contributed by atoms with Crippen molar-refractivity contribution in [3.05, 3.63) is 34.3 Å². The van der Waals surface area contributed by atoms with Crippen molar-refractivity contribution in [2.45, 2.75) is 23.8 Å². The first kappa shape index (κ1) is 18.2. The zero-order chi connectivity index (χ0) is 17.9. The van der Waals surface area contributed by atoms with Crippen molar-refractivity contribution in [3.63, 3.8) is 0 Å². The molecule has 11 heteroatoms. The van der Waals surface area contributed by atoms with Gasteiger partial charge in [-0.05, 0) is 31.0 Å². The van der Waals surface area contributed by atoms with Crippen molar-refractivity contribution in [2.24, 2.45) is 0 Å². The molecule has 1 fully saturated rings. The molecule has 2 heterocycles. The van der Waals surface area contributed by atoms with E-state index in [-0.39, 0.29) is 28.1 Å². The summed E-state index contributed by atoms with van der Waals surface area (Å²) in [5.41, 5.74) is 1.62. The lowest BCUT2D eigenvalue weighted by molar-refractivity contribution is 0.102. The van der Waals surface area contributed by atoms with Gasteiger partial charge in [0.25, 0.3) is 5.91 Å². The van der Waals surface area contributed by atoms with Gasteiger partial charge in [-0.1, -0.05) is 22.9 Å². The molecule has 2 aromatic rings. The SMILES string of the molecule is O=C(Nc1nncs1)c1ccc(Cl)c(S(=O)(=O)NCC2CCCO2)c1. The van der Waals surface area contributed by atoms with E-state index in [1.54, 1.807) is 0 Å². The number of benzene rings is 1. The molecule has 2 N–H and O–H groups in total. The van der Waals surface area contributed by atoms with Crippen LogP contribution in [0.3, 0.4) is 0 Å². The minimum absolute atomic E-state index is 0.0345. The monoisotopic (exact) mass is 402 g/mol. The number of amides is 1. The van der Waals surface area contributed by atoms with E-state index in [9.17, 15) is 13.2 Å². The van der Waals surface area contributed by atoms with Gasteiger partial charge < -0.3 is 4.74 Å². The number of ether oxygens (including phenoxy) is 1.